The first-order valence-corrected chi connectivity index (χ1v) is 10.3. The summed E-state index contributed by atoms with van der Waals surface area (Å²) in [7, 11) is 3.12. The Bertz CT molecular complexity index is 727. The van der Waals surface area contributed by atoms with Gasteiger partial charge in [-0.25, -0.2) is 0 Å². The second-order valence-electron chi connectivity index (χ2n) is 5.09. The number of benzene rings is 1. The monoisotopic (exact) mass is 706 g/mol. The number of rotatable bonds is 6. The summed E-state index contributed by atoms with van der Waals surface area (Å²) in [6.45, 7) is -0.675. The molecule has 0 aromatic heterocycles. The van der Waals surface area contributed by atoms with Gasteiger partial charge in [0.25, 0.3) is 17.1 Å². The Morgan fingerprint density at radius 3 is 2.00 bits per heavy atom. The van der Waals surface area contributed by atoms with Gasteiger partial charge in [-0.3, -0.25) is 14.4 Å². The van der Waals surface area contributed by atoms with Crippen LogP contribution in [0.1, 0.15) is 31.1 Å². The Labute approximate surface area is 190 Å². The lowest BCUT2D eigenvalue weighted by atomic mass is 10.0. The topological polar surface area (TPSA) is 107 Å². The van der Waals surface area contributed by atoms with E-state index >= 15 is 0 Å². The second kappa shape index (κ2) is 9.96. The summed E-state index contributed by atoms with van der Waals surface area (Å²) in [5.41, 5.74) is 0.422. The molecule has 1 unspecified atom stereocenters. The first-order chi connectivity index (χ1) is 11.5. The molecule has 0 aliphatic rings. The van der Waals surface area contributed by atoms with Gasteiger partial charge in [0, 0.05) is 31.4 Å². The first-order valence-electron chi connectivity index (χ1n) is 6.73. The summed E-state index contributed by atoms with van der Waals surface area (Å²) < 4.78 is 1.07. The van der Waals surface area contributed by atoms with Crippen LogP contribution in [0.15, 0.2) is 0 Å². The van der Waals surface area contributed by atoms with Gasteiger partial charge in [0.1, 0.15) is 0 Å². The summed E-state index contributed by atoms with van der Waals surface area (Å²) >= 11 is 11.2. The van der Waals surface area contributed by atoms with Crippen LogP contribution in [0.5, 0.6) is 0 Å². The molecule has 0 radical (unpaired) electrons. The molecule has 3 N–H and O–H groups in total. The first kappa shape index (κ1) is 23.3. The lowest BCUT2D eigenvalue weighted by Crippen LogP contribution is -2.35. The third-order valence-corrected chi connectivity index (χ3v) is 6.49. The van der Waals surface area contributed by atoms with Crippen molar-refractivity contribution in [2.45, 2.75) is 6.10 Å². The zero-order valence-electron chi connectivity index (χ0n) is 13.1. The fraction of sp³-hybridized carbons (Fsp3) is 0.357. The Balaban J connectivity index is 3.59. The smallest absolute Gasteiger partial charge is 0.255 e. The minimum atomic E-state index is -1.11. The summed E-state index contributed by atoms with van der Waals surface area (Å²) in [5.74, 6) is -0.946. The van der Waals surface area contributed by atoms with E-state index in [0.717, 1.165) is 0 Å². The highest BCUT2D eigenvalue weighted by Gasteiger charge is 2.30. The molecule has 11 heteroatoms. The number of halogens is 4. The summed E-state index contributed by atoms with van der Waals surface area (Å²) in [4.78, 5) is 38.2. The number of nitrogens with zero attached hydrogens (tertiary/aromatic N) is 1. The van der Waals surface area contributed by atoms with E-state index in [9.17, 15) is 19.5 Å². The normalized spacial score (nSPS) is 11.8. The van der Waals surface area contributed by atoms with Gasteiger partial charge in [0.05, 0.1) is 29.4 Å². The predicted octanol–water partition coefficient (Wildman–Crippen LogP) is 1.66. The average molecular weight is 706 g/mol. The molecule has 7 nitrogen and oxygen atoms in total. The third kappa shape index (κ3) is 5.37. The molecule has 0 saturated carbocycles. The van der Waals surface area contributed by atoms with Crippen LogP contribution in [0.25, 0.3) is 0 Å². The van der Waals surface area contributed by atoms with E-state index in [1.54, 1.807) is 14.1 Å². The highest BCUT2D eigenvalue weighted by atomic mass is 127. The van der Waals surface area contributed by atoms with Crippen molar-refractivity contribution in [1.29, 1.82) is 0 Å². The van der Waals surface area contributed by atoms with E-state index < -0.39 is 23.9 Å². The molecule has 2 amide bonds. The van der Waals surface area contributed by atoms with Gasteiger partial charge in [-0.2, -0.15) is 0 Å². The zero-order valence-corrected chi connectivity index (χ0v) is 20.3. The summed E-state index contributed by atoms with van der Waals surface area (Å²) in [5, 5.41) is 19.9. The number of aliphatic hydroxyl groups is 2. The molecule has 1 rings (SSSR count). The molecule has 1 aromatic carbocycles. The van der Waals surface area contributed by atoms with Crippen molar-refractivity contribution in [3.05, 3.63) is 27.4 Å². The van der Waals surface area contributed by atoms with Gasteiger partial charge < -0.3 is 20.4 Å². The standard InChI is InChI=1S/C14H14ClI3N2O5/c1-20(2)14(25)8-10(17)6(12(15)23)9(16)7(11(8)18)13(24)19-3-5(22)4-21/h5,21-22H,3-4H2,1-2H3,(H,19,24). The maximum Gasteiger partial charge on any atom is 0.255 e. The van der Waals surface area contributed by atoms with E-state index in [-0.39, 0.29) is 29.1 Å². The largest absolute Gasteiger partial charge is 0.394 e. The van der Waals surface area contributed by atoms with Crippen LogP contribution in [0.2, 0.25) is 0 Å². The molecular weight excluding hydrogens is 692 g/mol. The maximum atomic E-state index is 12.5. The van der Waals surface area contributed by atoms with Gasteiger partial charge in [-0.05, 0) is 79.4 Å². The molecule has 0 aliphatic carbocycles. The van der Waals surface area contributed by atoms with E-state index in [2.05, 4.69) is 5.32 Å². The van der Waals surface area contributed by atoms with E-state index in [0.29, 0.717) is 10.7 Å². The van der Waals surface area contributed by atoms with E-state index in [1.807, 2.05) is 67.8 Å². The van der Waals surface area contributed by atoms with Crippen LogP contribution >= 0.6 is 79.4 Å². The third-order valence-electron chi connectivity index (χ3n) is 3.07. The van der Waals surface area contributed by atoms with Crippen molar-refractivity contribution in [1.82, 2.24) is 10.2 Å². The van der Waals surface area contributed by atoms with E-state index in [4.69, 9.17) is 16.7 Å². The lowest BCUT2D eigenvalue weighted by Gasteiger charge is -2.19. The second-order valence-corrected chi connectivity index (χ2v) is 8.67. The van der Waals surface area contributed by atoms with Crippen molar-refractivity contribution >= 4 is 96.4 Å². The molecule has 0 bridgehead atoms. The number of carbonyl (C=O) groups excluding carboxylic acids is 3. The molecule has 0 heterocycles. The van der Waals surface area contributed by atoms with Crippen molar-refractivity contribution in [3.8, 4) is 0 Å². The molecule has 0 saturated heterocycles. The number of hydrogen-bond acceptors (Lipinski definition) is 5. The van der Waals surface area contributed by atoms with Gasteiger partial charge in [-0.1, -0.05) is 0 Å². The van der Waals surface area contributed by atoms with Crippen molar-refractivity contribution < 1.29 is 24.6 Å². The van der Waals surface area contributed by atoms with Crippen LogP contribution in [0.3, 0.4) is 0 Å². The Hall–Kier alpha value is 0.230. The highest BCUT2D eigenvalue weighted by molar-refractivity contribution is 14.1. The minimum absolute atomic E-state index is 0.0846. The number of amides is 2. The summed E-state index contributed by atoms with van der Waals surface area (Å²) in [6, 6.07) is 0. The Morgan fingerprint density at radius 2 is 1.56 bits per heavy atom. The van der Waals surface area contributed by atoms with Crippen molar-refractivity contribution in [2.24, 2.45) is 0 Å². The Morgan fingerprint density at radius 1 is 1.08 bits per heavy atom. The highest BCUT2D eigenvalue weighted by Crippen LogP contribution is 2.33. The Kier molecular flexibility index (Phi) is 9.27. The van der Waals surface area contributed by atoms with Crippen LogP contribution < -0.4 is 5.32 Å². The maximum absolute atomic E-state index is 12.5. The van der Waals surface area contributed by atoms with Crippen molar-refractivity contribution in [2.75, 3.05) is 27.2 Å². The minimum Gasteiger partial charge on any atom is -0.394 e. The molecule has 138 valence electrons. The predicted molar refractivity (Wildman–Crippen MR) is 118 cm³/mol. The average Bonchev–Trinajstić information content (AvgIpc) is 2.51. The van der Waals surface area contributed by atoms with E-state index in [1.165, 1.54) is 4.90 Å². The molecule has 0 spiro atoms. The fourth-order valence-electron chi connectivity index (χ4n) is 1.81. The number of hydrogen-bond donors (Lipinski definition) is 3. The van der Waals surface area contributed by atoms with Crippen LogP contribution in [-0.2, 0) is 0 Å². The number of aliphatic hydroxyl groups excluding tert-OH is 2. The molecular formula is C14H14ClI3N2O5. The lowest BCUT2D eigenvalue weighted by molar-refractivity contribution is 0.0800. The van der Waals surface area contributed by atoms with Gasteiger partial charge in [0.15, 0.2) is 0 Å². The molecule has 0 aliphatic heterocycles. The molecule has 1 aromatic rings. The molecule has 1 atom stereocenters. The molecule has 0 fully saturated rings. The van der Waals surface area contributed by atoms with Crippen LogP contribution in [-0.4, -0.2) is 65.5 Å². The quantitative estimate of drug-likeness (QED) is 0.309. The fourth-order valence-corrected chi connectivity index (χ4v) is 6.93. The number of carbonyl (C=O) groups is 3. The zero-order chi connectivity index (χ0) is 19.5. The van der Waals surface area contributed by atoms with Gasteiger partial charge in [0.2, 0.25) is 0 Å². The van der Waals surface area contributed by atoms with Crippen molar-refractivity contribution in [3.63, 3.8) is 0 Å². The SMILES string of the molecule is CN(C)C(=O)c1c(I)c(C(=O)Cl)c(I)c(C(=O)NCC(O)CO)c1I. The van der Waals surface area contributed by atoms with Crippen LogP contribution in [0.4, 0.5) is 0 Å². The molecule has 25 heavy (non-hydrogen) atoms. The van der Waals surface area contributed by atoms with Gasteiger partial charge >= 0.3 is 0 Å². The van der Waals surface area contributed by atoms with Crippen LogP contribution in [0, 0.1) is 10.7 Å². The van der Waals surface area contributed by atoms with Gasteiger partial charge in [-0.15, -0.1) is 0 Å². The summed E-state index contributed by atoms with van der Waals surface area (Å²) in [6.07, 6.45) is -1.11. The number of nitrogens with one attached hydrogen (secondary N) is 1.